The molecule has 2 atom stereocenters. The van der Waals surface area contributed by atoms with Gasteiger partial charge in [-0.3, -0.25) is 0 Å². The number of nitrogens with one attached hydrogen (secondary N) is 1. The number of hydrogen-bond donors (Lipinski definition) is 1. The van der Waals surface area contributed by atoms with Crippen LogP contribution in [0.2, 0.25) is 0 Å². The molecule has 2 heteroatoms. The lowest BCUT2D eigenvalue weighted by Gasteiger charge is -2.28. The summed E-state index contributed by atoms with van der Waals surface area (Å²) >= 11 is 0. The van der Waals surface area contributed by atoms with Crippen molar-refractivity contribution in [2.45, 2.75) is 52.6 Å². The molecule has 0 spiro atoms. The molecule has 0 radical (unpaired) electrons. The number of hydrogen-bond acceptors (Lipinski definition) is 2. The average Bonchev–Trinajstić information content (AvgIpc) is 2.46. The van der Waals surface area contributed by atoms with Crippen LogP contribution in [0.25, 0.3) is 0 Å². The van der Waals surface area contributed by atoms with Crippen molar-refractivity contribution in [3.63, 3.8) is 0 Å². The molecule has 1 heterocycles. The fraction of sp³-hybridized carbons (Fsp3) is 1.00. The first kappa shape index (κ1) is 12.0. The minimum atomic E-state index is 0.539. The molecule has 84 valence electrons. The summed E-state index contributed by atoms with van der Waals surface area (Å²) < 4.78 is 0. The predicted molar refractivity (Wildman–Crippen MR) is 62.6 cm³/mol. The molecule has 2 unspecified atom stereocenters. The third kappa shape index (κ3) is 3.25. The minimum Gasteiger partial charge on any atom is -0.317 e. The molecule has 0 aromatic rings. The van der Waals surface area contributed by atoms with Gasteiger partial charge in [-0.1, -0.05) is 13.8 Å². The zero-order valence-electron chi connectivity index (χ0n) is 10.4. The van der Waals surface area contributed by atoms with E-state index in [0.29, 0.717) is 11.5 Å². The van der Waals surface area contributed by atoms with Gasteiger partial charge in [0.25, 0.3) is 0 Å². The highest BCUT2D eigenvalue weighted by atomic mass is 15.2. The second-order valence-corrected chi connectivity index (χ2v) is 5.66. The van der Waals surface area contributed by atoms with E-state index in [0.717, 1.165) is 6.04 Å². The average molecular weight is 198 g/mol. The van der Waals surface area contributed by atoms with Crippen molar-refractivity contribution in [1.82, 2.24) is 10.2 Å². The van der Waals surface area contributed by atoms with Gasteiger partial charge in [-0.05, 0) is 45.7 Å². The van der Waals surface area contributed by atoms with Gasteiger partial charge in [-0.2, -0.15) is 0 Å². The van der Waals surface area contributed by atoms with E-state index in [2.05, 4.69) is 37.9 Å². The van der Waals surface area contributed by atoms with Crippen LogP contribution in [0.5, 0.6) is 0 Å². The van der Waals surface area contributed by atoms with Gasteiger partial charge in [-0.15, -0.1) is 0 Å². The monoisotopic (exact) mass is 198 g/mol. The van der Waals surface area contributed by atoms with Crippen LogP contribution in [-0.4, -0.2) is 37.1 Å². The fourth-order valence-corrected chi connectivity index (χ4v) is 2.31. The number of rotatable bonds is 4. The maximum Gasteiger partial charge on any atom is 0.00818 e. The van der Waals surface area contributed by atoms with E-state index in [1.54, 1.807) is 0 Å². The van der Waals surface area contributed by atoms with E-state index in [-0.39, 0.29) is 0 Å². The van der Waals surface area contributed by atoms with Gasteiger partial charge < -0.3 is 10.2 Å². The molecule has 0 aromatic carbocycles. The van der Waals surface area contributed by atoms with Crippen LogP contribution in [-0.2, 0) is 0 Å². The lowest BCUT2D eigenvalue weighted by Crippen LogP contribution is -2.37. The Morgan fingerprint density at radius 3 is 2.43 bits per heavy atom. The molecular weight excluding hydrogens is 172 g/mol. The van der Waals surface area contributed by atoms with E-state index in [4.69, 9.17) is 0 Å². The first-order valence-electron chi connectivity index (χ1n) is 5.86. The van der Waals surface area contributed by atoms with Crippen molar-refractivity contribution in [1.29, 1.82) is 0 Å². The van der Waals surface area contributed by atoms with Crippen LogP contribution in [0.15, 0.2) is 0 Å². The lowest BCUT2D eigenvalue weighted by molar-refractivity contribution is 0.210. The smallest absolute Gasteiger partial charge is 0.00818 e. The highest BCUT2D eigenvalue weighted by Gasteiger charge is 2.31. The molecule has 1 aliphatic rings. The van der Waals surface area contributed by atoms with E-state index >= 15 is 0 Å². The van der Waals surface area contributed by atoms with E-state index in [1.165, 1.54) is 25.9 Å². The summed E-state index contributed by atoms with van der Waals surface area (Å²) in [5.41, 5.74) is 0.539. The normalized spacial score (nSPS) is 26.4. The Morgan fingerprint density at radius 1 is 1.36 bits per heavy atom. The SMILES string of the molecule is CNC(C)CC(C)N1CCC(C)(C)C1. The molecule has 1 fully saturated rings. The van der Waals surface area contributed by atoms with Crippen LogP contribution in [0.3, 0.4) is 0 Å². The second-order valence-electron chi connectivity index (χ2n) is 5.66. The van der Waals surface area contributed by atoms with Crippen molar-refractivity contribution in [2.75, 3.05) is 20.1 Å². The standard InChI is InChI=1S/C12H26N2/c1-10(13-5)8-11(2)14-7-6-12(3,4)9-14/h10-11,13H,6-9H2,1-5H3. The molecule has 1 rings (SSSR count). The van der Waals surface area contributed by atoms with Gasteiger partial charge in [0.15, 0.2) is 0 Å². The Labute approximate surface area is 89.1 Å². The van der Waals surface area contributed by atoms with Crippen LogP contribution >= 0.6 is 0 Å². The first-order valence-corrected chi connectivity index (χ1v) is 5.86. The van der Waals surface area contributed by atoms with Gasteiger partial charge in [0.1, 0.15) is 0 Å². The Hall–Kier alpha value is -0.0800. The molecule has 0 bridgehead atoms. The second kappa shape index (κ2) is 4.63. The predicted octanol–water partition coefficient (Wildman–Crippen LogP) is 2.10. The molecule has 0 aliphatic carbocycles. The van der Waals surface area contributed by atoms with Crippen LogP contribution in [0.1, 0.15) is 40.5 Å². The van der Waals surface area contributed by atoms with Crippen LogP contribution in [0.4, 0.5) is 0 Å². The highest BCUT2D eigenvalue weighted by molar-refractivity contribution is 4.86. The Kier molecular flexibility index (Phi) is 3.96. The zero-order chi connectivity index (χ0) is 10.8. The summed E-state index contributed by atoms with van der Waals surface area (Å²) in [7, 11) is 2.05. The van der Waals surface area contributed by atoms with Crippen molar-refractivity contribution in [2.24, 2.45) is 5.41 Å². The van der Waals surface area contributed by atoms with Crippen LogP contribution in [0, 0.1) is 5.41 Å². The maximum atomic E-state index is 3.31. The Bertz CT molecular complexity index is 177. The summed E-state index contributed by atoms with van der Waals surface area (Å²) in [6.07, 6.45) is 2.61. The Balaban J connectivity index is 2.35. The summed E-state index contributed by atoms with van der Waals surface area (Å²) in [5.74, 6) is 0. The minimum absolute atomic E-state index is 0.539. The molecular formula is C12H26N2. The third-order valence-corrected chi connectivity index (χ3v) is 3.52. The molecule has 0 amide bonds. The zero-order valence-corrected chi connectivity index (χ0v) is 10.4. The summed E-state index contributed by atoms with van der Waals surface area (Å²) in [6, 6.07) is 1.35. The van der Waals surface area contributed by atoms with Crippen molar-refractivity contribution >= 4 is 0 Å². The van der Waals surface area contributed by atoms with Crippen molar-refractivity contribution in [3.05, 3.63) is 0 Å². The Morgan fingerprint density at radius 2 is 2.00 bits per heavy atom. The molecule has 1 saturated heterocycles. The van der Waals surface area contributed by atoms with Gasteiger partial charge in [-0.25, -0.2) is 0 Å². The van der Waals surface area contributed by atoms with Crippen molar-refractivity contribution in [3.8, 4) is 0 Å². The molecule has 14 heavy (non-hydrogen) atoms. The van der Waals surface area contributed by atoms with Gasteiger partial charge in [0.05, 0.1) is 0 Å². The molecule has 1 N–H and O–H groups in total. The first-order chi connectivity index (χ1) is 6.44. The third-order valence-electron chi connectivity index (χ3n) is 3.52. The van der Waals surface area contributed by atoms with Crippen molar-refractivity contribution < 1.29 is 0 Å². The largest absolute Gasteiger partial charge is 0.317 e. The van der Waals surface area contributed by atoms with Crippen LogP contribution < -0.4 is 5.32 Å². The highest BCUT2D eigenvalue weighted by Crippen LogP contribution is 2.30. The topological polar surface area (TPSA) is 15.3 Å². The molecule has 0 saturated carbocycles. The van der Waals surface area contributed by atoms with E-state index < -0.39 is 0 Å². The molecule has 0 aromatic heterocycles. The van der Waals surface area contributed by atoms with Gasteiger partial charge in [0.2, 0.25) is 0 Å². The molecule has 2 nitrogen and oxygen atoms in total. The van der Waals surface area contributed by atoms with E-state index in [1.807, 2.05) is 7.05 Å². The van der Waals surface area contributed by atoms with Gasteiger partial charge >= 0.3 is 0 Å². The fourth-order valence-electron chi connectivity index (χ4n) is 2.31. The lowest BCUT2D eigenvalue weighted by atomic mass is 9.93. The number of likely N-dealkylation sites (tertiary alicyclic amines) is 1. The summed E-state index contributed by atoms with van der Waals surface area (Å²) in [4.78, 5) is 2.63. The number of nitrogens with zero attached hydrogens (tertiary/aromatic N) is 1. The summed E-state index contributed by atoms with van der Waals surface area (Å²) in [5, 5.41) is 3.31. The summed E-state index contributed by atoms with van der Waals surface area (Å²) in [6.45, 7) is 11.9. The maximum absolute atomic E-state index is 3.31. The molecule has 1 aliphatic heterocycles. The van der Waals surface area contributed by atoms with Gasteiger partial charge in [0, 0.05) is 18.6 Å². The van der Waals surface area contributed by atoms with E-state index in [9.17, 15) is 0 Å². The quantitative estimate of drug-likeness (QED) is 0.744.